The van der Waals surface area contributed by atoms with Gasteiger partial charge in [-0.1, -0.05) is 27.7 Å². The number of nitrogens with zero attached hydrogens (tertiary/aromatic N) is 2. The summed E-state index contributed by atoms with van der Waals surface area (Å²) in [5.74, 6) is -0.934. The van der Waals surface area contributed by atoms with Gasteiger partial charge in [0.1, 0.15) is 11.6 Å². The number of fused-ring (bicyclic) bond motifs is 1. The second-order valence-electron chi connectivity index (χ2n) is 11.3. The van der Waals surface area contributed by atoms with E-state index >= 15 is 4.39 Å². The van der Waals surface area contributed by atoms with Gasteiger partial charge < -0.3 is 29.1 Å². The predicted molar refractivity (Wildman–Crippen MR) is 157 cm³/mol. The van der Waals surface area contributed by atoms with E-state index < -0.39 is 11.8 Å². The molecule has 0 fully saturated rings. The van der Waals surface area contributed by atoms with Gasteiger partial charge in [0.05, 0.1) is 38.6 Å². The molecule has 3 rings (SSSR count). The van der Waals surface area contributed by atoms with E-state index in [1.54, 1.807) is 11.0 Å². The number of methoxy groups -OCH3 is 2. The van der Waals surface area contributed by atoms with Crippen molar-refractivity contribution in [2.24, 2.45) is 0 Å². The predicted octanol–water partition coefficient (Wildman–Crippen LogP) is 5.64. The van der Waals surface area contributed by atoms with Crippen molar-refractivity contribution < 1.29 is 33.3 Å². The molecule has 2 N–H and O–H groups in total. The standard InChI is InChI=1S/C31H42FN3O6/c1-8-12-34(5)22-15-19(14-21(31(2,3)4)28(22)41-13-10-9-11-25(37)38)23(36)18-35-17-20-16-24(39-6)29(40-7)27(32)26(20)30(35)33/h14-16,33H,8-13,17-18H2,1-7H3,(H,37,38). The topological polar surface area (TPSA) is 112 Å². The summed E-state index contributed by atoms with van der Waals surface area (Å²) in [7, 11) is 4.72. The van der Waals surface area contributed by atoms with E-state index in [9.17, 15) is 9.59 Å². The number of hydrogen-bond donors (Lipinski definition) is 2. The number of carboxylic acid groups (broad SMARTS) is 1. The highest BCUT2D eigenvalue weighted by Gasteiger charge is 2.33. The van der Waals surface area contributed by atoms with Crippen LogP contribution in [0.3, 0.4) is 0 Å². The van der Waals surface area contributed by atoms with Crippen molar-refractivity contribution >= 4 is 23.3 Å². The molecule has 0 saturated carbocycles. The number of aliphatic carboxylic acids is 1. The van der Waals surface area contributed by atoms with Crippen LogP contribution in [0.15, 0.2) is 18.2 Å². The summed E-state index contributed by atoms with van der Waals surface area (Å²) < 4.78 is 31.9. The summed E-state index contributed by atoms with van der Waals surface area (Å²) in [5, 5.41) is 17.6. The smallest absolute Gasteiger partial charge is 0.303 e. The minimum atomic E-state index is -0.832. The fourth-order valence-corrected chi connectivity index (χ4v) is 5.00. The Kier molecular flexibility index (Phi) is 10.2. The Bertz CT molecular complexity index is 1300. The normalized spacial score (nSPS) is 12.8. The van der Waals surface area contributed by atoms with Gasteiger partial charge in [0.25, 0.3) is 0 Å². The Morgan fingerprint density at radius 1 is 1.12 bits per heavy atom. The monoisotopic (exact) mass is 571 g/mol. The molecule has 0 bridgehead atoms. The summed E-state index contributed by atoms with van der Waals surface area (Å²) in [5.41, 5.74) is 2.43. The van der Waals surface area contributed by atoms with Gasteiger partial charge in [0.2, 0.25) is 0 Å². The Labute approximate surface area is 241 Å². The number of carboxylic acids is 1. The van der Waals surface area contributed by atoms with E-state index in [4.69, 9.17) is 24.7 Å². The number of anilines is 1. The number of amidine groups is 1. The number of benzene rings is 2. The summed E-state index contributed by atoms with van der Waals surface area (Å²) in [6, 6.07) is 5.31. The van der Waals surface area contributed by atoms with Crippen LogP contribution in [0, 0.1) is 11.2 Å². The molecule has 9 nitrogen and oxygen atoms in total. The van der Waals surface area contributed by atoms with Crippen molar-refractivity contribution in [3.8, 4) is 17.2 Å². The molecule has 0 atom stereocenters. The highest BCUT2D eigenvalue weighted by molar-refractivity contribution is 6.06. The third kappa shape index (κ3) is 7.10. The molecule has 224 valence electrons. The zero-order valence-corrected chi connectivity index (χ0v) is 25.1. The lowest BCUT2D eigenvalue weighted by atomic mass is 9.84. The number of rotatable bonds is 14. The lowest BCUT2D eigenvalue weighted by Crippen LogP contribution is -2.31. The van der Waals surface area contributed by atoms with Crippen LogP contribution in [0.5, 0.6) is 17.2 Å². The summed E-state index contributed by atoms with van der Waals surface area (Å²) in [6.45, 7) is 9.42. The van der Waals surface area contributed by atoms with E-state index in [1.807, 2.05) is 40.0 Å². The summed E-state index contributed by atoms with van der Waals surface area (Å²) in [6.07, 6.45) is 2.08. The van der Waals surface area contributed by atoms with Crippen molar-refractivity contribution in [1.29, 1.82) is 5.41 Å². The molecule has 1 aliphatic rings. The van der Waals surface area contributed by atoms with Gasteiger partial charge in [0.15, 0.2) is 23.1 Å². The molecule has 0 aromatic heterocycles. The van der Waals surface area contributed by atoms with Crippen LogP contribution >= 0.6 is 0 Å². The fraction of sp³-hybridized carbons (Fsp3) is 0.516. The van der Waals surface area contributed by atoms with E-state index in [0.717, 1.165) is 24.2 Å². The SMILES string of the molecule is CCCN(C)c1cc(C(=O)CN2Cc3cc(OC)c(OC)c(F)c3C2=N)cc(C(C)(C)C)c1OCCCCC(=O)O. The van der Waals surface area contributed by atoms with Crippen molar-refractivity contribution in [1.82, 2.24) is 4.90 Å². The third-order valence-electron chi connectivity index (χ3n) is 7.14. The third-order valence-corrected chi connectivity index (χ3v) is 7.14. The van der Waals surface area contributed by atoms with E-state index in [0.29, 0.717) is 36.3 Å². The fourth-order valence-electron chi connectivity index (χ4n) is 5.00. The van der Waals surface area contributed by atoms with Gasteiger partial charge >= 0.3 is 5.97 Å². The average molecular weight is 572 g/mol. The van der Waals surface area contributed by atoms with Crippen LogP contribution in [-0.4, -0.2) is 68.6 Å². The Balaban J connectivity index is 1.94. The number of carbonyl (C=O) groups excluding carboxylic acids is 1. The number of ketones is 1. The Hall–Kier alpha value is -3.82. The van der Waals surface area contributed by atoms with Gasteiger partial charge in [-0.3, -0.25) is 15.0 Å². The average Bonchev–Trinajstić information content (AvgIpc) is 3.22. The minimum absolute atomic E-state index is 0.0684. The number of hydrogen-bond acceptors (Lipinski definition) is 7. The van der Waals surface area contributed by atoms with Gasteiger partial charge in [-0.25, -0.2) is 4.39 Å². The molecule has 0 amide bonds. The molecule has 0 spiro atoms. The number of unbranched alkanes of at least 4 members (excludes halogenated alkanes) is 1. The van der Waals surface area contributed by atoms with Crippen molar-refractivity contribution in [3.05, 3.63) is 46.3 Å². The maximum Gasteiger partial charge on any atom is 0.303 e. The van der Waals surface area contributed by atoms with E-state index in [1.165, 1.54) is 14.2 Å². The molecular formula is C31H42FN3O6. The lowest BCUT2D eigenvalue weighted by Gasteiger charge is -2.30. The highest BCUT2D eigenvalue weighted by atomic mass is 19.1. The largest absolute Gasteiger partial charge is 0.493 e. The maximum atomic E-state index is 15.2. The van der Waals surface area contributed by atoms with Crippen LogP contribution in [-0.2, 0) is 16.8 Å². The molecule has 0 unspecified atom stereocenters. The van der Waals surface area contributed by atoms with Crippen LogP contribution in [0.2, 0.25) is 0 Å². The molecule has 10 heteroatoms. The molecule has 2 aromatic carbocycles. The molecule has 1 aliphatic heterocycles. The minimum Gasteiger partial charge on any atom is -0.493 e. The summed E-state index contributed by atoms with van der Waals surface area (Å²) in [4.78, 5) is 28.2. The molecule has 0 radical (unpaired) electrons. The number of halogens is 1. The van der Waals surface area contributed by atoms with Crippen LogP contribution in [0.25, 0.3) is 0 Å². The zero-order chi connectivity index (χ0) is 30.5. The molecule has 0 saturated heterocycles. The van der Waals surface area contributed by atoms with E-state index in [2.05, 4.69) is 11.8 Å². The quantitative estimate of drug-likeness (QED) is 0.221. The molecular weight excluding hydrogens is 529 g/mol. The second kappa shape index (κ2) is 13.2. The molecule has 41 heavy (non-hydrogen) atoms. The number of nitrogens with one attached hydrogen (secondary N) is 1. The Morgan fingerprint density at radius 3 is 2.41 bits per heavy atom. The van der Waals surface area contributed by atoms with Crippen LogP contribution in [0.1, 0.15) is 80.4 Å². The first-order valence-corrected chi connectivity index (χ1v) is 13.9. The van der Waals surface area contributed by atoms with Crippen molar-refractivity contribution in [2.75, 3.05) is 45.9 Å². The Morgan fingerprint density at radius 2 is 1.83 bits per heavy atom. The lowest BCUT2D eigenvalue weighted by molar-refractivity contribution is -0.137. The van der Waals surface area contributed by atoms with Crippen LogP contribution in [0.4, 0.5) is 10.1 Å². The maximum absolute atomic E-state index is 15.2. The highest BCUT2D eigenvalue weighted by Crippen LogP contribution is 2.41. The summed E-state index contributed by atoms with van der Waals surface area (Å²) >= 11 is 0. The van der Waals surface area contributed by atoms with Crippen molar-refractivity contribution in [3.63, 3.8) is 0 Å². The van der Waals surface area contributed by atoms with Gasteiger partial charge in [-0.2, -0.15) is 0 Å². The number of Topliss-reactive ketones (excluding diaryl/α,β-unsaturated/α-hetero) is 1. The van der Waals surface area contributed by atoms with Crippen molar-refractivity contribution in [2.45, 2.75) is 65.3 Å². The van der Waals surface area contributed by atoms with Crippen LogP contribution < -0.4 is 19.1 Å². The number of carbonyl (C=O) groups is 2. The first-order chi connectivity index (χ1) is 19.3. The van der Waals surface area contributed by atoms with E-state index in [-0.39, 0.29) is 53.6 Å². The second-order valence-corrected chi connectivity index (χ2v) is 11.3. The van der Waals surface area contributed by atoms with Gasteiger partial charge in [0, 0.05) is 37.7 Å². The molecule has 0 aliphatic carbocycles. The first-order valence-electron chi connectivity index (χ1n) is 13.9. The zero-order valence-electron chi connectivity index (χ0n) is 25.1. The number of ether oxygens (including phenoxy) is 3. The van der Waals surface area contributed by atoms with Gasteiger partial charge in [-0.15, -0.1) is 0 Å². The first kappa shape index (κ1) is 31.7. The molecule has 1 heterocycles. The molecule has 2 aromatic rings. The van der Waals surface area contributed by atoms with Gasteiger partial charge in [-0.05, 0) is 48.4 Å².